The van der Waals surface area contributed by atoms with E-state index in [1.807, 2.05) is 54.6 Å². The van der Waals surface area contributed by atoms with E-state index in [2.05, 4.69) is 20.9 Å². The van der Waals surface area contributed by atoms with Gasteiger partial charge in [0.2, 0.25) is 15.9 Å². The van der Waals surface area contributed by atoms with Crippen LogP contribution in [0.5, 0.6) is 5.75 Å². The van der Waals surface area contributed by atoms with Gasteiger partial charge in [0.1, 0.15) is 18.1 Å². The van der Waals surface area contributed by atoms with E-state index in [0.29, 0.717) is 24.6 Å². The fraction of sp³-hybridized carbons (Fsp3) is 0.324. The fourth-order valence-electron chi connectivity index (χ4n) is 4.85. The molecule has 13 heteroatoms. The Labute approximate surface area is 275 Å². The number of aryl methyl sites for hydroxylation is 1. The summed E-state index contributed by atoms with van der Waals surface area (Å²) in [7, 11) is -0.800. The van der Waals surface area contributed by atoms with Gasteiger partial charge in [-0.15, -0.1) is 0 Å². The van der Waals surface area contributed by atoms with Crippen LogP contribution in [0.4, 0.5) is 5.69 Å². The van der Waals surface area contributed by atoms with E-state index in [4.69, 9.17) is 9.15 Å². The molecule has 1 aromatic heterocycles. The van der Waals surface area contributed by atoms with Crippen LogP contribution < -0.4 is 25.0 Å². The molecular weight excluding hydrogens is 622 g/mol. The molecule has 3 aromatic carbocycles. The zero-order valence-electron chi connectivity index (χ0n) is 27.1. The number of aliphatic hydroxyl groups is 1. The lowest BCUT2D eigenvalue weighted by atomic mass is 10.00. The Hall–Kier alpha value is -4.72. The minimum Gasteiger partial charge on any atom is -0.497 e. The largest absolute Gasteiger partial charge is 0.497 e. The molecule has 0 spiro atoms. The number of rotatable bonds is 15. The molecule has 4 aromatic rings. The minimum absolute atomic E-state index is 0.0392. The van der Waals surface area contributed by atoms with Gasteiger partial charge in [0.15, 0.2) is 0 Å². The van der Waals surface area contributed by atoms with Crippen molar-refractivity contribution in [3.8, 4) is 5.75 Å². The first kappa shape index (κ1) is 35.1. The van der Waals surface area contributed by atoms with Gasteiger partial charge in [-0.1, -0.05) is 42.5 Å². The Morgan fingerprint density at radius 2 is 1.64 bits per heavy atom. The summed E-state index contributed by atoms with van der Waals surface area (Å²) >= 11 is 0. The Morgan fingerprint density at radius 1 is 0.979 bits per heavy atom. The summed E-state index contributed by atoms with van der Waals surface area (Å²) in [5.74, 6) is -0.130. The van der Waals surface area contributed by atoms with Crippen LogP contribution in [-0.4, -0.2) is 69.4 Å². The number of methoxy groups -OCH3 is 1. The zero-order valence-corrected chi connectivity index (χ0v) is 27.9. The summed E-state index contributed by atoms with van der Waals surface area (Å²) < 4.78 is 36.5. The second kappa shape index (κ2) is 15.7. The number of anilines is 1. The molecule has 0 aliphatic heterocycles. The molecule has 3 unspecified atom stereocenters. The lowest BCUT2D eigenvalue weighted by Gasteiger charge is -2.25. The number of sulfonamides is 1. The van der Waals surface area contributed by atoms with Crippen molar-refractivity contribution in [3.63, 3.8) is 0 Å². The van der Waals surface area contributed by atoms with Gasteiger partial charge >= 0.3 is 0 Å². The number of nitrogens with zero attached hydrogens (tertiary/aromatic N) is 2. The van der Waals surface area contributed by atoms with Crippen molar-refractivity contribution >= 4 is 27.5 Å². The average molecular weight is 664 g/mol. The van der Waals surface area contributed by atoms with Gasteiger partial charge in [-0.2, -0.15) is 0 Å². The van der Waals surface area contributed by atoms with E-state index < -0.39 is 40.0 Å². The van der Waals surface area contributed by atoms with Crippen molar-refractivity contribution in [2.45, 2.75) is 45.0 Å². The molecule has 2 amide bonds. The Balaban J connectivity index is 1.57. The van der Waals surface area contributed by atoms with Crippen molar-refractivity contribution < 1.29 is 32.3 Å². The number of oxazole rings is 1. The maximum absolute atomic E-state index is 13.8. The molecule has 0 saturated carbocycles. The van der Waals surface area contributed by atoms with Crippen molar-refractivity contribution in [3.05, 3.63) is 113 Å². The molecule has 0 saturated heterocycles. The molecule has 0 fully saturated rings. The number of benzene rings is 3. The number of carbonyl (C=O) groups excluding carboxylic acids is 2. The lowest BCUT2D eigenvalue weighted by molar-refractivity contribution is 0.0830. The average Bonchev–Trinajstić information content (AvgIpc) is 3.50. The third kappa shape index (κ3) is 9.88. The highest BCUT2D eigenvalue weighted by Gasteiger charge is 2.25. The number of nitrogens with one attached hydrogen (secondary N) is 3. The number of aliphatic hydroxyl groups excluding tert-OH is 1. The summed E-state index contributed by atoms with van der Waals surface area (Å²) in [5.41, 5.74) is 2.72. The van der Waals surface area contributed by atoms with Gasteiger partial charge in [0.25, 0.3) is 11.8 Å². The first-order valence-corrected chi connectivity index (χ1v) is 16.9. The van der Waals surface area contributed by atoms with Crippen molar-refractivity contribution in [1.82, 2.24) is 20.9 Å². The maximum Gasteiger partial charge on any atom is 0.252 e. The first-order valence-electron chi connectivity index (χ1n) is 15.0. The van der Waals surface area contributed by atoms with Gasteiger partial charge in [0, 0.05) is 31.3 Å². The third-order valence-electron chi connectivity index (χ3n) is 7.55. The van der Waals surface area contributed by atoms with E-state index in [1.54, 1.807) is 21.0 Å². The number of hydrogen-bond acceptors (Lipinski definition) is 9. The normalized spacial score (nSPS) is 13.3. The molecule has 4 N–H and O–H groups in total. The predicted molar refractivity (Wildman–Crippen MR) is 179 cm³/mol. The van der Waals surface area contributed by atoms with Crippen LogP contribution in [0.25, 0.3) is 0 Å². The second-order valence-corrected chi connectivity index (χ2v) is 13.4. The Kier molecular flexibility index (Phi) is 11.8. The molecule has 0 bridgehead atoms. The van der Waals surface area contributed by atoms with Gasteiger partial charge in [-0.05, 0) is 61.7 Å². The van der Waals surface area contributed by atoms with E-state index in [0.717, 1.165) is 27.4 Å². The van der Waals surface area contributed by atoms with Crippen molar-refractivity contribution in [2.75, 3.05) is 31.3 Å². The maximum atomic E-state index is 13.8. The van der Waals surface area contributed by atoms with Gasteiger partial charge < -0.3 is 30.2 Å². The van der Waals surface area contributed by atoms with Crippen LogP contribution in [0.3, 0.4) is 0 Å². The lowest BCUT2D eigenvalue weighted by Crippen LogP contribution is -2.48. The Morgan fingerprint density at radius 3 is 2.26 bits per heavy atom. The van der Waals surface area contributed by atoms with Crippen LogP contribution in [0.2, 0.25) is 0 Å². The molecule has 12 nitrogen and oxygen atoms in total. The van der Waals surface area contributed by atoms with Gasteiger partial charge in [-0.25, -0.2) is 13.4 Å². The van der Waals surface area contributed by atoms with Crippen LogP contribution in [0.15, 0.2) is 83.5 Å². The number of amides is 2. The summed E-state index contributed by atoms with van der Waals surface area (Å²) in [6.07, 6.45) is 1.81. The molecular formula is C34H41N5O7S. The molecule has 47 heavy (non-hydrogen) atoms. The SMILES string of the molecule is COc1cccc(CNCC(O)C(Cc2ccccc2)NC(=O)c2cc(C(=O)NC(C)c3nc(C)co3)cc(N(C)S(C)(=O)=O)c2)c1. The van der Waals surface area contributed by atoms with Crippen molar-refractivity contribution in [2.24, 2.45) is 0 Å². The van der Waals surface area contributed by atoms with E-state index >= 15 is 0 Å². The van der Waals surface area contributed by atoms with Crippen LogP contribution >= 0.6 is 0 Å². The fourth-order valence-corrected chi connectivity index (χ4v) is 5.34. The van der Waals surface area contributed by atoms with E-state index in [9.17, 15) is 23.1 Å². The van der Waals surface area contributed by atoms with E-state index in [1.165, 1.54) is 31.5 Å². The van der Waals surface area contributed by atoms with E-state index in [-0.39, 0.29) is 23.4 Å². The molecule has 250 valence electrons. The Bertz CT molecular complexity index is 1780. The highest BCUT2D eigenvalue weighted by Crippen LogP contribution is 2.22. The molecule has 4 rings (SSSR count). The summed E-state index contributed by atoms with van der Waals surface area (Å²) in [6, 6.07) is 19.8. The summed E-state index contributed by atoms with van der Waals surface area (Å²) in [6.45, 7) is 4.08. The number of ether oxygens (including phenoxy) is 1. The zero-order chi connectivity index (χ0) is 34.1. The number of aromatic nitrogens is 1. The molecule has 1 heterocycles. The third-order valence-corrected chi connectivity index (χ3v) is 8.76. The van der Waals surface area contributed by atoms with Gasteiger partial charge in [-0.3, -0.25) is 13.9 Å². The topological polar surface area (TPSA) is 163 Å². The monoisotopic (exact) mass is 663 g/mol. The predicted octanol–water partition coefficient (Wildman–Crippen LogP) is 3.37. The van der Waals surface area contributed by atoms with Gasteiger partial charge in [0.05, 0.1) is 36.9 Å². The highest BCUT2D eigenvalue weighted by atomic mass is 32.2. The summed E-state index contributed by atoms with van der Waals surface area (Å²) in [5, 5.41) is 20.2. The smallest absolute Gasteiger partial charge is 0.252 e. The quantitative estimate of drug-likeness (QED) is 0.149. The second-order valence-electron chi connectivity index (χ2n) is 11.3. The standard InChI is InChI=1S/C34H41N5O7S/c1-22-21-46-34(36-22)23(2)37-32(41)26-16-27(18-28(17-26)39(3)47(5,43)44)33(42)38-30(15-24-10-7-6-8-11-24)31(40)20-35-19-25-12-9-13-29(14-25)45-4/h6-14,16-18,21,23,30-31,35,40H,15,19-20H2,1-5H3,(H,37,41)(H,38,42). The molecule has 0 radical (unpaired) electrons. The first-order chi connectivity index (χ1) is 22.3. The number of carbonyl (C=O) groups is 2. The van der Waals surface area contributed by atoms with Crippen molar-refractivity contribution in [1.29, 1.82) is 0 Å². The number of hydrogen-bond donors (Lipinski definition) is 4. The molecule has 0 aliphatic rings. The van der Waals surface area contributed by atoms with Crippen LogP contribution in [0.1, 0.15) is 56.4 Å². The molecule has 3 atom stereocenters. The molecule has 0 aliphatic carbocycles. The minimum atomic E-state index is -3.73. The highest BCUT2D eigenvalue weighted by molar-refractivity contribution is 7.92. The van der Waals surface area contributed by atoms with Crippen LogP contribution in [-0.2, 0) is 23.0 Å². The van der Waals surface area contributed by atoms with Crippen LogP contribution in [0, 0.1) is 6.92 Å². The summed E-state index contributed by atoms with van der Waals surface area (Å²) in [4.78, 5) is 31.4.